The van der Waals surface area contributed by atoms with E-state index in [0.29, 0.717) is 19.5 Å². The van der Waals surface area contributed by atoms with Crippen LogP contribution in [-0.2, 0) is 16.0 Å². The average Bonchev–Trinajstić information content (AvgIpc) is 3.18. The zero-order valence-electron chi connectivity index (χ0n) is 20.8. The van der Waals surface area contributed by atoms with E-state index in [0.717, 1.165) is 18.5 Å². The predicted octanol–water partition coefficient (Wildman–Crippen LogP) is 6.96. The topological polar surface area (TPSA) is 58.6 Å². The molecule has 1 heterocycles. The van der Waals surface area contributed by atoms with Gasteiger partial charge >= 0.3 is 6.09 Å². The molecule has 1 atom stereocenters. The van der Waals surface area contributed by atoms with Gasteiger partial charge in [-0.1, -0.05) is 64.0 Å². The van der Waals surface area contributed by atoms with Gasteiger partial charge in [0.1, 0.15) is 5.60 Å². The number of aryl methyl sites for hydroxylation is 1. The van der Waals surface area contributed by atoms with Gasteiger partial charge in [0.2, 0.25) is 5.91 Å². The van der Waals surface area contributed by atoms with Crippen LogP contribution in [0.3, 0.4) is 0 Å². The van der Waals surface area contributed by atoms with Crippen LogP contribution < -0.4 is 5.32 Å². The van der Waals surface area contributed by atoms with Gasteiger partial charge in [-0.15, -0.1) is 0 Å². The first kappa shape index (κ1) is 26.2. The summed E-state index contributed by atoms with van der Waals surface area (Å²) in [6, 6.07) is 8.24. The SMILES string of the molecule is CCCCCCCCCCc1ccc(NC(=O)C[C@@H]2CCN(C(=O)OC(C)(C)C)C2)cc1. The summed E-state index contributed by atoms with van der Waals surface area (Å²) < 4.78 is 5.43. The highest BCUT2D eigenvalue weighted by Crippen LogP contribution is 2.23. The number of rotatable bonds is 12. The summed E-state index contributed by atoms with van der Waals surface area (Å²) in [4.78, 5) is 26.3. The molecule has 1 N–H and O–H groups in total. The fourth-order valence-corrected chi connectivity index (χ4v) is 4.18. The van der Waals surface area contributed by atoms with Crippen molar-refractivity contribution in [2.24, 2.45) is 5.92 Å². The molecule has 32 heavy (non-hydrogen) atoms. The third kappa shape index (κ3) is 10.5. The van der Waals surface area contributed by atoms with E-state index in [9.17, 15) is 9.59 Å². The Morgan fingerprint density at radius 1 is 1.00 bits per heavy atom. The maximum absolute atomic E-state index is 12.5. The minimum atomic E-state index is -0.493. The highest BCUT2D eigenvalue weighted by molar-refractivity contribution is 5.90. The molecule has 1 aromatic rings. The number of amides is 2. The van der Waals surface area contributed by atoms with Crippen LogP contribution in [0.5, 0.6) is 0 Å². The maximum atomic E-state index is 12.5. The lowest BCUT2D eigenvalue weighted by molar-refractivity contribution is -0.117. The van der Waals surface area contributed by atoms with Gasteiger partial charge in [0.15, 0.2) is 0 Å². The first-order valence-electron chi connectivity index (χ1n) is 12.6. The second-order valence-corrected chi connectivity index (χ2v) is 10.3. The van der Waals surface area contributed by atoms with Crippen LogP contribution in [0.15, 0.2) is 24.3 Å². The van der Waals surface area contributed by atoms with Gasteiger partial charge in [0.25, 0.3) is 0 Å². The number of carbonyl (C=O) groups excluding carboxylic acids is 2. The molecular weight excluding hydrogens is 400 g/mol. The third-order valence-electron chi connectivity index (χ3n) is 5.97. The Morgan fingerprint density at radius 3 is 2.25 bits per heavy atom. The minimum absolute atomic E-state index is 0.0110. The number of ether oxygens (including phenoxy) is 1. The van der Waals surface area contributed by atoms with E-state index in [2.05, 4.69) is 24.4 Å². The van der Waals surface area contributed by atoms with Crippen molar-refractivity contribution in [2.45, 2.75) is 104 Å². The highest BCUT2D eigenvalue weighted by atomic mass is 16.6. The number of hydrogen-bond donors (Lipinski definition) is 1. The summed E-state index contributed by atoms with van der Waals surface area (Å²) in [5, 5.41) is 3.01. The molecule has 2 amide bonds. The van der Waals surface area contributed by atoms with E-state index in [1.807, 2.05) is 32.9 Å². The van der Waals surface area contributed by atoms with Crippen LogP contribution in [0.25, 0.3) is 0 Å². The molecule has 1 aromatic carbocycles. The maximum Gasteiger partial charge on any atom is 0.410 e. The van der Waals surface area contributed by atoms with E-state index in [4.69, 9.17) is 4.74 Å². The van der Waals surface area contributed by atoms with E-state index in [1.165, 1.54) is 56.9 Å². The monoisotopic (exact) mass is 444 g/mol. The van der Waals surface area contributed by atoms with Gasteiger partial charge in [0, 0.05) is 25.2 Å². The fraction of sp³-hybridized carbons (Fsp3) is 0.704. The smallest absolute Gasteiger partial charge is 0.410 e. The second kappa shape index (κ2) is 13.5. The number of benzene rings is 1. The molecule has 0 aliphatic carbocycles. The molecule has 0 radical (unpaired) electrons. The Kier molecular flexibility index (Phi) is 11.1. The molecule has 1 aliphatic heterocycles. The molecule has 0 aromatic heterocycles. The molecule has 0 spiro atoms. The number of hydrogen-bond acceptors (Lipinski definition) is 3. The first-order valence-corrected chi connectivity index (χ1v) is 12.6. The molecule has 5 heteroatoms. The van der Waals surface area contributed by atoms with Crippen molar-refractivity contribution >= 4 is 17.7 Å². The van der Waals surface area contributed by atoms with Crippen LogP contribution in [0.2, 0.25) is 0 Å². The summed E-state index contributed by atoms with van der Waals surface area (Å²) >= 11 is 0. The van der Waals surface area contributed by atoms with Crippen LogP contribution in [0, 0.1) is 5.92 Å². The number of nitrogens with zero attached hydrogens (tertiary/aromatic N) is 1. The Bertz CT molecular complexity index is 694. The van der Waals surface area contributed by atoms with Crippen LogP contribution >= 0.6 is 0 Å². The molecule has 1 saturated heterocycles. The summed E-state index contributed by atoms with van der Waals surface area (Å²) in [6.07, 6.45) is 12.8. The summed E-state index contributed by atoms with van der Waals surface area (Å²) in [6.45, 7) is 9.10. The van der Waals surface area contributed by atoms with Crippen LogP contribution in [0.1, 0.15) is 97.5 Å². The largest absolute Gasteiger partial charge is 0.444 e. The van der Waals surface area contributed by atoms with Crippen molar-refractivity contribution in [3.63, 3.8) is 0 Å². The van der Waals surface area contributed by atoms with Crippen molar-refractivity contribution < 1.29 is 14.3 Å². The van der Waals surface area contributed by atoms with Gasteiger partial charge in [-0.25, -0.2) is 4.79 Å². The van der Waals surface area contributed by atoms with Crippen molar-refractivity contribution in [2.75, 3.05) is 18.4 Å². The molecular formula is C27H44N2O3. The van der Waals surface area contributed by atoms with E-state index < -0.39 is 5.60 Å². The number of unbranched alkanes of at least 4 members (excludes halogenated alkanes) is 7. The molecule has 180 valence electrons. The Morgan fingerprint density at radius 2 is 1.62 bits per heavy atom. The summed E-state index contributed by atoms with van der Waals surface area (Å²) in [5.41, 5.74) is 1.68. The molecule has 0 bridgehead atoms. The molecule has 1 fully saturated rings. The van der Waals surface area contributed by atoms with Crippen LogP contribution in [-0.4, -0.2) is 35.6 Å². The predicted molar refractivity (Wildman–Crippen MR) is 132 cm³/mol. The fourth-order valence-electron chi connectivity index (χ4n) is 4.18. The van der Waals surface area contributed by atoms with Crippen molar-refractivity contribution in [3.05, 3.63) is 29.8 Å². The Hall–Kier alpha value is -2.04. The van der Waals surface area contributed by atoms with Crippen molar-refractivity contribution in [1.82, 2.24) is 4.90 Å². The van der Waals surface area contributed by atoms with Crippen molar-refractivity contribution in [3.8, 4) is 0 Å². The Balaban J connectivity index is 1.63. The number of anilines is 1. The van der Waals surface area contributed by atoms with Gasteiger partial charge in [-0.3, -0.25) is 4.79 Å². The quantitative estimate of drug-likeness (QED) is 0.355. The average molecular weight is 445 g/mol. The highest BCUT2D eigenvalue weighted by Gasteiger charge is 2.30. The van der Waals surface area contributed by atoms with Gasteiger partial charge in [-0.2, -0.15) is 0 Å². The lowest BCUT2D eigenvalue weighted by Crippen LogP contribution is -2.35. The molecule has 0 unspecified atom stereocenters. The standard InChI is InChI=1S/C27H44N2O3/c1-5-6-7-8-9-10-11-12-13-22-14-16-24(17-15-22)28-25(30)20-23-18-19-29(21-23)26(31)32-27(2,3)4/h14-17,23H,5-13,18-21H2,1-4H3,(H,28,30)/t23-/m0/s1. The van der Waals surface area contributed by atoms with Crippen LogP contribution in [0.4, 0.5) is 10.5 Å². The third-order valence-corrected chi connectivity index (χ3v) is 5.97. The second-order valence-electron chi connectivity index (χ2n) is 10.3. The minimum Gasteiger partial charge on any atom is -0.444 e. The molecule has 2 rings (SSSR count). The lowest BCUT2D eigenvalue weighted by Gasteiger charge is -2.24. The van der Waals surface area contributed by atoms with Crippen molar-refractivity contribution in [1.29, 1.82) is 0 Å². The number of likely N-dealkylation sites (tertiary alicyclic amines) is 1. The molecule has 1 aliphatic rings. The Labute approximate surface area is 195 Å². The van der Waals surface area contributed by atoms with Gasteiger partial charge < -0.3 is 15.0 Å². The van der Waals surface area contributed by atoms with E-state index >= 15 is 0 Å². The molecule has 5 nitrogen and oxygen atoms in total. The summed E-state index contributed by atoms with van der Waals surface area (Å²) in [7, 11) is 0. The normalized spacial score (nSPS) is 16.2. The van der Waals surface area contributed by atoms with E-state index in [1.54, 1.807) is 4.90 Å². The first-order chi connectivity index (χ1) is 15.3. The van der Waals surface area contributed by atoms with Gasteiger partial charge in [0.05, 0.1) is 0 Å². The number of nitrogens with one attached hydrogen (secondary N) is 1. The zero-order valence-corrected chi connectivity index (χ0v) is 20.8. The zero-order chi connectivity index (χ0) is 23.4. The summed E-state index contributed by atoms with van der Waals surface area (Å²) in [5.74, 6) is 0.195. The lowest BCUT2D eigenvalue weighted by atomic mass is 10.0. The van der Waals surface area contributed by atoms with E-state index in [-0.39, 0.29) is 17.9 Å². The molecule has 0 saturated carbocycles. The van der Waals surface area contributed by atoms with Gasteiger partial charge in [-0.05, 0) is 63.6 Å². The number of carbonyl (C=O) groups is 2.